The summed E-state index contributed by atoms with van der Waals surface area (Å²) in [5.41, 5.74) is -0.353. The molecule has 178 valence electrons. The van der Waals surface area contributed by atoms with E-state index >= 15 is 0 Å². The molecule has 0 fully saturated rings. The smallest absolute Gasteiger partial charge is 0.294 e. The fraction of sp³-hybridized carbons (Fsp3) is 0.500. The van der Waals surface area contributed by atoms with Crippen molar-refractivity contribution in [1.29, 1.82) is 0 Å². The molecule has 1 aliphatic rings. The van der Waals surface area contributed by atoms with Crippen molar-refractivity contribution in [2.75, 3.05) is 0 Å². The average Bonchev–Trinajstić information content (AvgIpc) is 3.25. The van der Waals surface area contributed by atoms with Crippen LogP contribution < -0.4 is 0 Å². The SMILES string of the molecule is Cc1nc2c(C(=O)CCCn3nc(C(F)(F)F)c4c3CCCC4)ccc(C(F)(F)F)n2c1C. The van der Waals surface area contributed by atoms with Gasteiger partial charge in [0.2, 0.25) is 0 Å². The van der Waals surface area contributed by atoms with Crippen molar-refractivity contribution in [3.63, 3.8) is 0 Å². The molecule has 0 aliphatic heterocycles. The standard InChI is InChI=1S/C22H22F6N4O/c1-12-13(2)32-18(21(23,24)25)10-9-15(20(32)29-12)17(33)8-5-11-31-16-7-4-3-6-14(16)19(30-31)22(26,27)28/h9-10H,3-8,11H2,1-2H3. The Bertz CT molecular complexity index is 1220. The van der Waals surface area contributed by atoms with E-state index in [1.54, 1.807) is 6.92 Å². The second-order valence-electron chi connectivity index (χ2n) is 8.30. The number of ketones is 1. The highest BCUT2D eigenvalue weighted by molar-refractivity contribution is 6.01. The maximum Gasteiger partial charge on any atom is 0.435 e. The Morgan fingerprint density at radius 2 is 1.73 bits per heavy atom. The van der Waals surface area contributed by atoms with Crippen LogP contribution >= 0.6 is 0 Å². The number of nitrogens with zero attached hydrogens (tertiary/aromatic N) is 4. The van der Waals surface area contributed by atoms with Gasteiger partial charge >= 0.3 is 12.4 Å². The van der Waals surface area contributed by atoms with Gasteiger partial charge in [0.25, 0.3) is 0 Å². The fourth-order valence-corrected chi connectivity index (χ4v) is 4.44. The van der Waals surface area contributed by atoms with Gasteiger partial charge in [-0.15, -0.1) is 0 Å². The number of hydrogen-bond acceptors (Lipinski definition) is 3. The summed E-state index contributed by atoms with van der Waals surface area (Å²) in [6, 6.07) is 1.97. The molecule has 0 saturated heterocycles. The third-order valence-corrected chi connectivity index (χ3v) is 6.12. The lowest BCUT2D eigenvalue weighted by molar-refractivity contribution is -0.142. The van der Waals surface area contributed by atoms with E-state index in [0.29, 0.717) is 30.7 Å². The number of halogens is 6. The Morgan fingerprint density at radius 1 is 1.03 bits per heavy atom. The monoisotopic (exact) mass is 472 g/mol. The highest BCUT2D eigenvalue weighted by Crippen LogP contribution is 2.36. The average molecular weight is 472 g/mol. The summed E-state index contributed by atoms with van der Waals surface area (Å²) in [5, 5.41) is 3.78. The van der Waals surface area contributed by atoms with Crippen molar-refractivity contribution < 1.29 is 31.1 Å². The summed E-state index contributed by atoms with van der Waals surface area (Å²) in [5.74, 6) is -0.421. The third kappa shape index (κ3) is 4.24. The fourth-order valence-electron chi connectivity index (χ4n) is 4.44. The van der Waals surface area contributed by atoms with E-state index in [0.717, 1.165) is 23.0 Å². The minimum Gasteiger partial charge on any atom is -0.294 e. The molecule has 4 rings (SSSR count). The zero-order valence-corrected chi connectivity index (χ0v) is 18.1. The lowest BCUT2D eigenvalue weighted by Crippen LogP contribution is -2.15. The first kappa shape index (κ1) is 23.3. The van der Waals surface area contributed by atoms with Gasteiger partial charge in [-0.2, -0.15) is 31.4 Å². The largest absolute Gasteiger partial charge is 0.435 e. The molecule has 3 aromatic heterocycles. The quantitative estimate of drug-likeness (QED) is 0.352. The van der Waals surface area contributed by atoms with Crippen molar-refractivity contribution in [3.05, 3.63) is 51.7 Å². The minimum absolute atomic E-state index is 0.0534. The van der Waals surface area contributed by atoms with Crippen LogP contribution in [0.25, 0.3) is 5.65 Å². The molecule has 3 heterocycles. The van der Waals surface area contributed by atoms with Crippen LogP contribution in [0, 0.1) is 13.8 Å². The van der Waals surface area contributed by atoms with Crippen LogP contribution in [0.1, 0.15) is 70.1 Å². The van der Waals surface area contributed by atoms with Crippen LogP contribution in [-0.2, 0) is 31.7 Å². The molecule has 0 unspecified atom stereocenters. The molecule has 0 amide bonds. The van der Waals surface area contributed by atoms with Crippen LogP contribution in [0.15, 0.2) is 12.1 Å². The zero-order chi connectivity index (χ0) is 24.1. The van der Waals surface area contributed by atoms with Gasteiger partial charge in [0, 0.05) is 29.9 Å². The van der Waals surface area contributed by atoms with E-state index in [2.05, 4.69) is 10.1 Å². The predicted molar refractivity (Wildman–Crippen MR) is 107 cm³/mol. The van der Waals surface area contributed by atoms with E-state index in [1.807, 2.05) is 0 Å². The molecule has 5 nitrogen and oxygen atoms in total. The molecule has 0 radical (unpaired) electrons. The van der Waals surface area contributed by atoms with Crippen molar-refractivity contribution >= 4 is 11.4 Å². The van der Waals surface area contributed by atoms with Gasteiger partial charge in [-0.05, 0) is 58.1 Å². The van der Waals surface area contributed by atoms with E-state index in [4.69, 9.17) is 0 Å². The molecule has 0 N–H and O–H groups in total. The van der Waals surface area contributed by atoms with Crippen molar-refractivity contribution in [2.45, 2.75) is 71.3 Å². The first-order chi connectivity index (χ1) is 15.4. The number of carbonyl (C=O) groups excluding carboxylic acids is 1. The summed E-state index contributed by atoms with van der Waals surface area (Å²) in [6.07, 6.45) is -6.73. The van der Waals surface area contributed by atoms with E-state index in [9.17, 15) is 31.1 Å². The van der Waals surface area contributed by atoms with E-state index in [-0.39, 0.29) is 41.9 Å². The molecule has 0 spiro atoms. The topological polar surface area (TPSA) is 52.2 Å². The normalized spacial score (nSPS) is 14.7. The first-order valence-electron chi connectivity index (χ1n) is 10.6. The highest BCUT2D eigenvalue weighted by atomic mass is 19.4. The highest BCUT2D eigenvalue weighted by Gasteiger charge is 2.39. The minimum atomic E-state index is -4.62. The second-order valence-corrected chi connectivity index (χ2v) is 8.30. The zero-order valence-electron chi connectivity index (χ0n) is 18.1. The van der Waals surface area contributed by atoms with Crippen molar-refractivity contribution in [1.82, 2.24) is 19.2 Å². The Balaban J connectivity index is 1.56. The number of rotatable bonds is 5. The van der Waals surface area contributed by atoms with Crippen LogP contribution in [0.4, 0.5) is 26.3 Å². The molecule has 0 bridgehead atoms. The molecule has 11 heteroatoms. The molecule has 0 atom stereocenters. The van der Waals surface area contributed by atoms with Gasteiger partial charge in [0.05, 0.1) is 11.3 Å². The number of aromatic nitrogens is 4. The van der Waals surface area contributed by atoms with E-state index in [1.165, 1.54) is 11.6 Å². The lowest BCUT2D eigenvalue weighted by atomic mass is 9.95. The van der Waals surface area contributed by atoms with Crippen LogP contribution in [0.5, 0.6) is 0 Å². The number of imidazole rings is 1. The summed E-state index contributed by atoms with van der Waals surface area (Å²) >= 11 is 0. The molecule has 1 aliphatic carbocycles. The van der Waals surface area contributed by atoms with Crippen molar-refractivity contribution in [3.8, 4) is 0 Å². The first-order valence-corrected chi connectivity index (χ1v) is 10.6. The number of alkyl halides is 6. The van der Waals surface area contributed by atoms with Gasteiger partial charge < -0.3 is 0 Å². The summed E-state index contributed by atoms with van der Waals surface area (Å²) in [4.78, 5) is 17.0. The van der Waals surface area contributed by atoms with Gasteiger partial charge in [-0.3, -0.25) is 13.9 Å². The second kappa shape index (κ2) is 8.18. The Hall–Kier alpha value is -2.85. The molecule has 3 aromatic rings. The Morgan fingerprint density at radius 3 is 2.39 bits per heavy atom. The predicted octanol–water partition coefficient (Wildman–Crippen LogP) is 5.73. The van der Waals surface area contributed by atoms with E-state index < -0.39 is 29.5 Å². The number of pyridine rings is 1. The molecule has 33 heavy (non-hydrogen) atoms. The van der Waals surface area contributed by atoms with Gasteiger partial charge in [-0.1, -0.05) is 0 Å². The van der Waals surface area contributed by atoms with Crippen LogP contribution in [-0.4, -0.2) is 24.9 Å². The molecular weight excluding hydrogens is 450 g/mol. The number of carbonyl (C=O) groups is 1. The summed E-state index contributed by atoms with van der Waals surface area (Å²) in [7, 11) is 0. The van der Waals surface area contributed by atoms with Gasteiger partial charge in [-0.25, -0.2) is 4.98 Å². The summed E-state index contributed by atoms with van der Waals surface area (Å²) < 4.78 is 82.6. The van der Waals surface area contributed by atoms with Crippen LogP contribution in [0.2, 0.25) is 0 Å². The number of fused-ring (bicyclic) bond motifs is 2. The number of hydrogen-bond donors (Lipinski definition) is 0. The number of aryl methyl sites for hydroxylation is 3. The number of Topliss-reactive ketones (excluding diaryl/α,β-unsaturated/α-hetero) is 1. The van der Waals surface area contributed by atoms with Gasteiger partial charge in [0.15, 0.2) is 11.5 Å². The summed E-state index contributed by atoms with van der Waals surface area (Å²) in [6.45, 7) is 3.18. The Labute approximate surface area is 185 Å². The maximum atomic E-state index is 13.4. The van der Waals surface area contributed by atoms with Crippen molar-refractivity contribution in [2.24, 2.45) is 0 Å². The Kier molecular flexibility index (Phi) is 5.78. The third-order valence-electron chi connectivity index (χ3n) is 6.12. The van der Waals surface area contributed by atoms with Gasteiger partial charge in [0.1, 0.15) is 11.3 Å². The maximum absolute atomic E-state index is 13.4. The van der Waals surface area contributed by atoms with Crippen LogP contribution in [0.3, 0.4) is 0 Å². The molecule has 0 aromatic carbocycles. The lowest BCUT2D eigenvalue weighted by Gasteiger charge is -2.15. The molecule has 0 saturated carbocycles. The molecular formula is C22H22F6N4O.